The Bertz CT molecular complexity index is 1480. The van der Waals surface area contributed by atoms with Gasteiger partial charge in [-0.15, -0.1) is 0 Å². The molecule has 3 aromatic rings. The number of benzene rings is 3. The second-order valence-electron chi connectivity index (χ2n) is 9.61. The monoisotopic (exact) mass is 608 g/mol. The van der Waals surface area contributed by atoms with Crippen LogP contribution < -0.4 is 21.7 Å². The second-order valence-corrected chi connectivity index (χ2v) is 10.0. The van der Waals surface area contributed by atoms with Crippen molar-refractivity contribution in [3.05, 3.63) is 93.5 Å². The average Bonchev–Trinajstić information content (AvgIpc) is 3.29. The molecule has 0 spiro atoms. The minimum Gasteiger partial charge on any atom is -0.481 e. The lowest BCUT2D eigenvalue weighted by molar-refractivity contribution is -0.143. The van der Waals surface area contributed by atoms with Crippen molar-refractivity contribution in [3.63, 3.8) is 0 Å². The van der Waals surface area contributed by atoms with Gasteiger partial charge in [-0.25, -0.2) is 0 Å². The van der Waals surface area contributed by atoms with Gasteiger partial charge in [-0.3, -0.25) is 19.8 Å². The summed E-state index contributed by atoms with van der Waals surface area (Å²) in [5.74, 6) is -1.61. The zero-order valence-corrected chi connectivity index (χ0v) is 25.1. The molecule has 0 aromatic heterocycles. The maximum atomic E-state index is 13.3. The summed E-state index contributed by atoms with van der Waals surface area (Å²) in [5, 5.41) is 25.4. The van der Waals surface area contributed by atoms with Crippen LogP contribution >= 0.6 is 11.6 Å². The number of nitrogens with zero attached hydrogens (tertiary/aromatic N) is 1. The summed E-state index contributed by atoms with van der Waals surface area (Å²) in [5.41, 5.74) is 11.2. The first-order chi connectivity index (χ1) is 20.5. The first-order valence-corrected chi connectivity index (χ1v) is 14.1. The lowest BCUT2D eigenvalue weighted by Crippen LogP contribution is -2.48. The number of nitrogen functional groups attached to an aromatic ring is 1. The number of nitrogens with one attached hydrogen (secondary N) is 4. The molecule has 1 heterocycles. The van der Waals surface area contributed by atoms with Gasteiger partial charge in [0.2, 0.25) is 6.23 Å². The molecule has 0 radical (unpaired) electrons. The van der Waals surface area contributed by atoms with Gasteiger partial charge in [-0.05, 0) is 54.8 Å². The van der Waals surface area contributed by atoms with Crippen LogP contribution in [0.25, 0.3) is 0 Å². The molecule has 1 unspecified atom stereocenters. The van der Waals surface area contributed by atoms with E-state index in [9.17, 15) is 9.59 Å². The molecule has 0 fully saturated rings. The molecule has 7 N–H and O–H groups in total. The number of amides is 2. The van der Waals surface area contributed by atoms with Gasteiger partial charge in [0, 0.05) is 67.2 Å². The zero-order valence-electron chi connectivity index (χ0n) is 24.4. The third-order valence-corrected chi connectivity index (χ3v) is 6.70. The zero-order chi connectivity index (χ0) is 31.5. The minimum absolute atomic E-state index is 0.0506. The number of anilines is 2. The SMILES string of the molecule is CC(=O)O.CCNc1ccccc1CNc1cc(C(=N)N)ccc1CNC(=O)C(OCC)N1Cc2ccc(Cl)cc2C1=O. The van der Waals surface area contributed by atoms with E-state index in [0.717, 1.165) is 41.5 Å². The van der Waals surface area contributed by atoms with Crippen molar-refractivity contribution in [2.24, 2.45) is 5.73 Å². The number of fused-ring (bicyclic) bond motifs is 1. The normalized spacial score (nSPS) is 12.5. The van der Waals surface area contributed by atoms with Crippen LogP contribution in [0.4, 0.5) is 11.4 Å². The number of carboxylic acid groups (broad SMARTS) is 1. The molecule has 1 atom stereocenters. The first kappa shape index (κ1) is 32.9. The smallest absolute Gasteiger partial charge is 0.300 e. The summed E-state index contributed by atoms with van der Waals surface area (Å²) in [6.07, 6.45) is -1.09. The van der Waals surface area contributed by atoms with Crippen LogP contribution in [-0.4, -0.2) is 53.0 Å². The minimum atomic E-state index is -1.09. The topological polar surface area (TPSA) is 170 Å². The Kier molecular flexibility index (Phi) is 11.9. The Labute approximate surface area is 255 Å². The fourth-order valence-corrected chi connectivity index (χ4v) is 4.68. The Morgan fingerprint density at radius 2 is 1.74 bits per heavy atom. The van der Waals surface area contributed by atoms with Crippen molar-refractivity contribution in [1.82, 2.24) is 10.2 Å². The van der Waals surface area contributed by atoms with Crippen LogP contribution in [0.3, 0.4) is 0 Å². The summed E-state index contributed by atoms with van der Waals surface area (Å²) >= 11 is 6.08. The van der Waals surface area contributed by atoms with Crippen LogP contribution in [0.5, 0.6) is 0 Å². The maximum absolute atomic E-state index is 13.3. The molecule has 0 saturated heterocycles. The van der Waals surface area contributed by atoms with Crippen LogP contribution in [-0.2, 0) is 34.0 Å². The van der Waals surface area contributed by atoms with Crippen molar-refractivity contribution in [3.8, 4) is 0 Å². The molecule has 0 aliphatic carbocycles. The van der Waals surface area contributed by atoms with E-state index < -0.39 is 18.1 Å². The van der Waals surface area contributed by atoms with Crippen molar-refractivity contribution in [2.45, 2.75) is 46.6 Å². The summed E-state index contributed by atoms with van der Waals surface area (Å²) in [6.45, 7) is 6.92. The molecular formula is C31H37ClN6O5. The van der Waals surface area contributed by atoms with E-state index in [1.165, 1.54) is 4.90 Å². The third kappa shape index (κ3) is 8.94. The largest absolute Gasteiger partial charge is 0.481 e. The standard InChI is InChI=1S/C29H33ClN6O3.C2H4O2/c1-3-33-24-8-6-5-7-19(24)15-34-25-13-18(26(31)32)9-10-20(25)16-35-27(37)29(39-4-2)36-17-21-11-12-22(30)14-23(21)28(36)38;1-2(3)4/h5-14,29,33-34H,3-4,15-17H2,1-2H3,(H3,31,32)(H,35,37);1H3,(H,3,4). The molecule has 4 rings (SSSR count). The summed E-state index contributed by atoms with van der Waals surface area (Å²) in [6, 6.07) is 18.5. The quantitative estimate of drug-likeness (QED) is 0.130. The van der Waals surface area contributed by atoms with Gasteiger partial charge < -0.3 is 36.4 Å². The number of hydrogen-bond donors (Lipinski definition) is 6. The van der Waals surface area contributed by atoms with Gasteiger partial charge in [-0.2, -0.15) is 0 Å². The van der Waals surface area contributed by atoms with Crippen LogP contribution in [0.2, 0.25) is 5.02 Å². The fraction of sp³-hybridized carbons (Fsp3) is 0.290. The van der Waals surface area contributed by atoms with E-state index in [4.69, 9.17) is 37.4 Å². The predicted octanol–water partition coefficient (Wildman–Crippen LogP) is 4.39. The first-order valence-electron chi connectivity index (χ1n) is 13.8. The number of aliphatic carboxylic acids is 1. The van der Waals surface area contributed by atoms with Gasteiger partial charge >= 0.3 is 0 Å². The summed E-state index contributed by atoms with van der Waals surface area (Å²) in [7, 11) is 0. The van der Waals surface area contributed by atoms with E-state index in [0.29, 0.717) is 22.7 Å². The molecule has 43 heavy (non-hydrogen) atoms. The average molecular weight is 609 g/mol. The molecule has 228 valence electrons. The second kappa shape index (κ2) is 15.6. The lowest BCUT2D eigenvalue weighted by Gasteiger charge is -2.26. The van der Waals surface area contributed by atoms with Crippen molar-refractivity contribution >= 4 is 46.6 Å². The fourth-order valence-electron chi connectivity index (χ4n) is 4.51. The van der Waals surface area contributed by atoms with Gasteiger partial charge in [0.15, 0.2) is 0 Å². The summed E-state index contributed by atoms with van der Waals surface area (Å²) in [4.78, 5) is 36.8. The van der Waals surface area contributed by atoms with Crippen LogP contribution in [0.1, 0.15) is 53.4 Å². The number of carboxylic acids is 1. The molecule has 2 amide bonds. The highest BCUT2D eigenvalue weighted by Crippen LogP contribution is 2.28. The number of hydrogen-bond acceptors (Lipinski definition) is 7. The lowest BCUT2D eigenvalue weighted by atomic mass is 10.1. The molecule has 0 saturated carbocycles. The van der Waals surface area contributed by atoms with E-state index in [-0.39, 0.29) is 31.4 Å². The van der Waals surface area contributed by atoms with Crippen molar-refractivity contribution in [1.29, 1.82) is 5.41 Å². The number of halogens is 1. The number of carbonyl (C=O) groups is 3. The third-order valence-electron chi connectivity index (χ3n) is 6.46. The molecule has 1 aliphatic heterocycles. The van der Waals surface area contributed by atoms with Gasteiger partial charge in [0.1, 0.15) is 5.84 Å². The highest BCUT2D eigenvalue weighted by Gasteiger charge is 2.37. The van der Waals surface area contributed by atoms with E-state index in [1.807, 2.05) is 37.3 Å². The molecule has 12 heteroatoms. The van der Waals surface area contributed by atoms with Crippen molar-refractivity contribution < 1.29 is 24.2 Å². The Hall–Kier alpha value is -4.61. The Morgan fingerprint density at radius 3 is 2.42 bits per heavy atom. The Balaban J connectivity index is 0.00000119. The van der Waals surface area contributed by atoms with Gasteiger partial charge in [0.25, 0.3) is 17.8 Å². The molecule has 1 aliphatic rings. The number of para-hydroxylation sites is 1. The number of ether oxygens (including phenoxy) is 1. The van der Waals surface area contributed by atoms with E-state index in [1.54, 1.807) is 37.3 Å². The van der Waals surface area contributed by atoms with Gasteiger partial charge in [0.05, 0.1) is 0 Å². The van der Waals surface area contributed by atoms with Crippen molar-refractivity contribution in [2.75, 3.05) is 23.8 Å². The molecule has 3 aromatic carbocycles. The molecule has 11 nitrogen and oxygen atoms in total. The molecular weight excluding hydrogens is 572 g/mol. The number of amidine groups is 1. The maximum Gasteiger partial charge on any atom is 0.300 e. The number of rotatable bonds is 12. The van der Waals surface area contributed by atoms with E-state index in [2.05, 4.69) is 16.0 Å². The number of nitrogens with two attached hydrogens (primary N) is 1. The van der Waals surface area contributed by atoms with Crippen LogP contribution in [0.15, 0.2) is 60.7 Å². The van der Waals surface area contributed by atoms with E-state index >= 15 is 0 Å². The summed E-state index contributed by atoms with van der Waals surface area (Å²) < 4.78 is 5.72. The molecule has 0 bridgehead atoms. The number of carbonyl (C=O) groups excluding carboxylic acids is 2. The van der Waals surface area contributed by atoms with Crippen LogP contribution in [0, 0.1) is 5.41 Å². The van der Waals surface area contributed by atoms with Gasteiger partial charge in [-0.1, -0.05) is 48.0 Å². The Morgan fingerprint density at radius 1 is 1.05 bits per heavy atom. The highest BCUT2D eigenvalue weighted by atomic mass is 35.5. The highest BCUT2D eigenvalue weighted by molar-refractivity contribution is 6.31. The predicted molar refractivity (Wildman–Crippen MR) is 167 cm³/mol.